The lowest BCUT2D eigenvalue weighted by atomic mass is 9.96. The number of carbonyl (C=O) groups is 2. The molecule has 0 aliphatic carbocycles. The van der Waals surface area contributed by atoms with Gasteiger partial charge in [-0.1, -0.05) is 18.2 Å². The zero-order valence-electron chi connectivity index (χ0n) is 14.8. The first-order valence-electron chi connectivity index (χ1n) is 8.96. The van der Waals surface area contributed by atoms with E-state index in [1.165, 1.54) is 0 Å². The van der Waals surface area contributed by atoms with Crippen LogP contribution in [0.5, 0.6) is 11.5 Å². The van der Waals surface area contributed by atoms with Crippen molar-refractivity contribution in [2.45, 2.75) is 18.9 Å². The van der Waals surface area contributed by atoms with Crippen molar-refractivity contribution in [3.05, 3.63) is 36.9 Å². The Hall–Kier alpha value is -2.54. The van der Waals surface area contributed by atoms with Gasteiger partial charge >= 0.3 is 6.03 Å². The average Bonchev–Trinajstić information content (AvgIpc) is 2.67. The number of hydrogen-bond donors (Lipinski definition) is 2. The molecule has 3 rings (SSSR count). The first-order chi connectivity index (χ1) is 12.7. The van der Waals surface area contributed by atoms with Crippen LogP contribution in [0.15, 0.2) is 36.9 Å². The number of hydrogen-bond acceptors (Lipinski definition) is 5. The number of ether oxygens (including phenoxy) is 2. The molecule has 3 amide bonds. The zero-order chi connectivity index (χ0) is 18.4. The molecule has 26 heavy (non-hydrogen) atoms. The molecule has 0 radical (unpaired) electrons. The highest BCUT2D eigenvalue weighted by atomic mass is 16.6. The highest BCUT2D eigenvalue weighted by molar-refractivity contribution is 5.95. The minimum Gasteiger partial charge on any atom is -0.486 e. The fourth-order valence-corrected chi connectivity index (χ4v) is 3.19. The molecule has 140 valence electrons. The van der Waals surface area contributed by atoms with Crippen molar-refractivity contribution in [3.63, 3.8) is 0 Å². The number of nitrogens with zero attached hydrogens (tertiary/aromatic N) is 1. The molecule has 0 bridgehead atoms. The summed E-state index contributed by atoms with van der Waals surface area (Å²) in [7, 11) is 0. The van der Waals surface area contributed by atoms with Gasteiger partial charge in [-0.25, -0.2) is 4.79 Å². The quantitative estimate of drug-likeness (QED) is 0.780. The number of rotatable bonds is 5. The third-order valence-corrected chi connectivity index (χ3v) is 4.64. The van der Waals surface area contributed by atoms with Gasteiger partial charge in [-0.15, -0.1) is 6.58 Å². The Bertz CT molecular complexity index is 656. The maximum Gasteiger partial charge on any atom is 0.321 e. The molecule has 0 spiro atoms. The lowest BCUT2D eigenvalue weighted by Gasteiger charge is -2.30. The number of imide groups is 1. The predicted octanol–water partition coefficient (Wildman–Crippen LogP) is 1.55. The first kappa shape index (κ1) is 18.3. The normalized spacial score (nSPS) is 20.2. The molecule has 2 N–H and O–H groups in total. The molecular weight excluding hydrogens is 334 g/mol. The van der Waals surface area contributed by atoms with Gasteiger partial charge in [0.05, 0.1) is 6.54 Å². The number of piperidine rings is 1. The molecule has 1 unspecified atom stereocenters. The van der Waals surface area contributed by atoms with Crippen molar-refractivity contribution >= 4 is 11.9 Å². The van der Waals surface area contributed by atoms with Crippen molar-refractivity contribution in [3.8, 4) is 11.5 Å². The Morgan fingerprint density at radius 2 is 1.96 bits per heavy atom. The number of nitrogens with one attached hydrogen (secondary N) is 2. The Kier molecular flexibility index (Phi) is 6.12. The van der Waals surface area contributed by atoms with E-state index in [0.29, 0.717) is 18.1 Å². The van der Waals surface area contributed by atoms with Crippen LogP contribution in [0.25, 0.3) is 0 Å². The van der Waals surface area contributed by atoms with E-state index in [-0.39, 0.29) is 24.5 Å². The predicted molar refractivity (Wildman–Crippen MR) is 97.3 cm³/mol. The summed E-state index contributed by atoms with van der Waals surface area (Å²) in [5.74, 6) is 1.02. The number of para-hydroxylation sites is 2. The van der Waals surface area contributed by atoms with E-state index < -0.39 is 6.03 Å². The SMILES string of the molecule is C=CCN1CCC(C(=O)NC(=O)NCC2COc3ccccc3O2)CC1. The van der Waals surface area contributed by atoms with Crippen LogP contribution < -0.4 is 20.1 Å². The van der Waals surface area contributed by atoms with Crippen molar-refractivity contribution in [1.82, 2.24) is 15.5 Å². The zero-order valence-corrected chi connectivity index (χ0v) is 14.8. The van der Waals surface area contributed by atoms with Crippen molar-refractivity contribution in [2.75, 3.05) is 32.8 Å². The summed E-state index contributed by atoms with van der Waals surface area (Å²) >= 11 is 0. The molecule has 0 aromatic heterocycles. The maximum absolute atomic E-state index is 12.2. The molecule has 7 nitrogen and oxygen atoms in total. The summed E-state index contributed by atoms with van der Waals surface area (Å²) in [6.45, 7) is 6.88. The molecule has 1 saturated heterocycles. The van der Waals surface area contributed by atoms with E-state index >= 15 is 0 Å². The summed E-state index contributed by atoms with van der Waals surface area (Å²) in [5.41, 5.74) is 0. The fourth-order valence-electron chi connectivity index (χ4n) is 3.19. The third-order valence-electron chi connectivity index (χ3n) is 4.64. The standard InChI is InChI=1S/C19H25N3O4/c1-2-9-22-10-7-14(8-11-22)18(23)21-19(24)20-12-15-13-25-16-5-3-4-6-17(16)26-15/h2-6,14-15H,1,7-13H2,(H2,20,21,23,24). The second-order valence-corrected chi connectivity index (χ2v) is 6.56. The van der Waals surface area contributed by atoms with Crippen LogP contribution in [0.2, 0.25) is 0 Å². The van der Waals surface area contributed by atoms with Crippen LogP contribution in [0.4, 0.5) is 4.79 Å². The second-order valence-electron chi connectivity index (χ2n) is 6.56. The molecule has 1 fully saturated rings. The molecule has 1 aromatic rings. The molecule has 0 saturated carbocycles. The van der Waals surface area contributed by atoms with Crippen molar-refractivity contribution < 1.29 is 19.1 Å². The molecule has 2 heterocycles. The van der Waals surface area contributed by atoms with Crippen LogP contribution in [0.1, 0.15) is 12.8 Å². The van der Waals surface area contributed by atoms with E-state index in [2.05, 4.69) is 22.1 Å². The van der Waals surface area contributed by atoms with Gasteiger partial charge in [0.15, 0.2) is 17.6 Å². The highest BCUT2D eigenvalue weighted by Gasteiger charge is 2.26. The van der Waals surface area contributed by atoms with E-state index in [1.807, 2.05) is 30.3 Å². The fraction of sp³-hybridized carbons (Fsp3) is 0.474. The minimum atomic E-state index is -0.494. The summed E-state index contributed by atoms with van der Waals surface area (Å²) in [5, 5.41) is 5.11. The number of urea groups is 1. The summed E-state index contributed by atoms with van der Waals surface area (Å²) in [4.78, 5) is 26.5. The van der Waals surface area contributed by atoms with E-state index in [4.69, 9.17) is 9.47 Å². The number of likely N-dealkylation sites (tertiary alicyclic amines) is 1. The topological polar surface area (TPSA) is 79.9 Å². The number of amides is 3. The average molecular weight is 359 g/mol. The largest absolute Gasteiger partial charge is 0.486 e. The van der Waals surface area contributed by atoms with Gasteiger partial charge < -0.3 is 14.8 Å². The van der Waals surface area contributed by atoms with E-state index in [1.54, 1.807) is 0 Å². The summed E-state index contributed by atoms with van der Waals surface area (Å²) in [6.07, 6.45) is 3.09. The van der Waals surface area contributed by atoms with E-state index in [0.717, 1.165) is 32.5 Å². The molecule has 1 aromatic carbocycles. The van der Waals surface area contributed by atoms with Gasteiger partial charge in [-0.2, -0.15) is 0 Å². The highest BCUT2D eigenvalue weighted by Crippen LogP contribution is 2.30. The van der Waals surface area contributed by atoms with Crippen molar-refractivity contribution in [2.24, 2.45) is 5.92 Å². The van der Waals surface area contributed by atoms with Gasteiger partial charge in [0.1, 0.15) is 6.61 Å². The van der Waals surface area contributed by atoms with Crippen LogP contribution in [-0.2, 0) is 4.79 Å². The molecular formula is C19H25N3O4. The Morgan fingerprint density at radius 1 is 1.23 bits per heavy atom. The lowest BCUT2D eigenvalue weighted by Crippen LogP contribution is -2.48. The monoisotopic (exact) mass is 359 g/mol. The molecule has 7 heteroatoms. The minimum absolute atomic E-state index is 0.122. The first-order valence-corrected chi connectivity index (χ1v) is 8.96. The second kappa shape index (κ2) is 8.71. The van der Waals surface area contributed by atoms with Gasteiger partial charge in [0, 0.05) is 12.5 Å². The Morgan fingerprint density at radius 3 is 2.69 bits per heavy atom. The van der Waals surface area contributed by atoms with E-state index in [9.17, 15) is 9.59 Å². The molecule has 2 aliphatic rings. The van der Waals surface area contributed by atoms with Gasteiger partial charge in [-0.3, -0.25) is 15.0 Å². The number of carbonyl (C=O) groups excluding carboxylic acids is 2. The van der Waals surface area contributed by atoms with Gasteiger partial charge in [0.25, 0.3) is 0 Å². The third kappa shape index (κ3) is 4.76. The van der Waals surface area contributed by atoms with Crippen LogP contribution in [0.3, 0.4) is 0 Å². The Balaban J connectivity index is 1.38. The van der Waals surface area contributed by atoms with Crippen molar-refractivity contribution in [1.29, 1.82) is 0 Å². The summed E-state index contributed by atoms with van der Waals surface area (Å²) < 4.78 is 11.4. The smallest absolute Gasteiger partial charge is 0.321 e. The maximum atomic E-state index is 12.2. The van der Waals surface area contributed by atoms with Crippen LogP contribution in [0, 0.1) is 5.92 Å². The van der Waals surface area contributed by atoms with Gasteiger partial charge in [0.2, 0.25) is 5.91 Å². The molecule has 2 aliphatic heterocycles. The summed E-state index contributed by atoms with van der Waals surface area (Å²) in [6, 6.07) is 6.91. The van der Waals surface area contributed by atoms with Crippen LogP contribution in [-0.4, -0.2) is 55.7 Å². The Labute approximate surface area is 153 Å². The lowest BCUT2D eigenvalue weighted by molar-refractivity contribution is -0.125. The molecule has 1 atom stereocenters. The van der Waals surface area contributed by atoms with Gasteiger partial charge in [-0.05, 0) is 38.1 Å². The number of benzene rings is 1. The van der Waals surface area contributed by atoms with Crippen LogP contribution >= 0.6 is 0 Å². The number of fused-ring (bicyclic) bond motifs is 1.